The van der Waals surface area contributed by atoms with Gasteiger partial charge in [-0.25, -0.2) is 4.79 Å². The summed E-state index contributed by atoms with van der Waals surface area (Å²) in [5, 5.41) is 373. The molecule has 0 aromatic carbocycles. The van der Waals surface area contributed by atoms with Crippen molar-refractivity contribution in [2.45, 2.75) is 384 Å². The molecule has 11 aliphatic rings. The molecule has 38 N–H and O–H groups in total. The van der Waals surface area contributed by atoms with Gasteiger partial charge in [-0.3, -0.25) is 28.8 Å². The van der Waals surface area contributed by atoms with Gasteiger partial charge in [0, 0.05) is 41.0 Å². The van der Waals surface area contributed by atoms with Crippen molar-refractivity contribution in [2.24, 2.45) is 0 Å². The lowest BCUT2D eigenvalue weighted by molar-refractivity contribution is -0.393. The lowest BCUT2D eigenvalue weighted by Gasteiger charge is -2.52. The van der Waals surface area contributed by atoms with Crippen molar-refractivity contribution in [3.05, 3.63) is 0 Å². The van der Waals surface area contributed by atoms with Crippen LogP contribution in [-0.2, 0) is 133 Å². The number of aliphatic hydroxyl groups excluding tert-OH is 31. The first-order valence-corrected chi connectivity index (χ1v) is 46.4. The van der Waals surface area contributed by atoms with Crippen molar-refractivity contribution in [1.29, 1.82) is 0 Å². The van der Waals surface area contributed by atoms with E-state index in [9.17, 15) is 197 Å². The predicted octanol–water partition coefficient (Wildman–Crippen LogP) is -25.9. The number of aliphatic hydroxyl groups is 31. The number of carbonyl (C=O) groups excluding carboxylic acids is 6. The van der Waals surface area contributed by atoms with Gasteiger partial charge < -0.3 is 295 Å². The summed E-state index contributed by atoms with van der Waals surface area (Å²) in [6.45, 7) is -9.88. The molecule has 0 saturated carbocycles. The Bertz CT molecular complexity index is 4180. The second kappa shape index (κ2) is 53.1. The molecular formula is C81H134N6O60. The number of hydrogen-bond acceptors (Lipinski definition) is 59. The summed E-state index contributed by atoms with van der Waals surface area (Å²) in [6.07, 6.45) is -109. The minimum atomic E-state index is -3.41. The highest BCUT2D eigenvalue weighted by atomic mass is 16.8. The molecule has 11 fully saturated rings. The number of nitrogens with one attached hydrogen (secondary N) is 6. The predicted molar refractivity (Wildman–Crippen MR) is 451 cm³/mol. The summed E-state index contributed by atoms with van der Waals surface area (Å²) in [6, 6.07) is -11.9. The van der Waals surface area contributed by atoms with E-state index in [4.69, 9.17) is 99.5 Å². The molecule has 1 unspecified atom stereocenters. The van der Waals surface area contributed by atoms with Gasteiger partial charge in [-0.2, -0.15) is 0 Å². The number of aliphatic carboxylic acids is 1. The Morgan fingerprint density at radius 3 is 0.912 bits per heavy atom. The zero-order chi connectivity index (χ0) is 109. The number of ether oxygens (including phenoxy) is 21. The van der Waals surface area contributed by atoms with E-state index in [-0.39, 0.29) is 0 Å². The van der Waals surface area contributed by atoms with Crippen LogP contribution in [0, 0.1) is 0 Å². The van der Waals surface area contributed by atoms with Crippen LogP contribution in [0.1, 0.15) is 41.0 Å². The van der Waals surface area contributed by atoms with E-state index < -0.39 is 470 Å². The summed E-state index contributed by atoms with van der Waals surface area (Å²) < 4.78 is 124. The Hall–Kier alpha value is -5.79. The normalized spacial score (nSPS) is 46.8. The van der Waals surface area contributed by atoms with Crippen molar-refractivity contribution < 1.29 is 296 Å². The fraction of sp³-hybridized carbons (Fsp3) is 0.914. The van der Waals surface area contributed by atoms with Gasteiger partial charge in [0.2, 0.25) is 35.4 Å². The maximum absolute atomic E-state index is 13.4. The zero-order valence-electron chi connectivity index (χ0n) is 78.7. The van der Waals surface area contributed by atoms with Gasteiger partial charge in [-0.05, 0) is 0 Å². The number of carbonyl (C=O) groups is 7. The third-order valence-corrected chi connectivity index (χ3v) is 26.5. The summed E-state index contributed by atoms with van der Waals surface area (Å²) in [7, 11) is 0. The molecule has 0 aromatic rings. The zero-order valence-corrected chi connectivity index (χ0v) is 78.7. The molecule has 11 rings (SSSR count). The van der Waals surface area contributed by atoms with Crippen molar-refractivity contribution in [2.75, 3.05) is 79.3 Å². The molecular weight excluding hydrogens is 2020 g/mol. The average Bonchev–Trinajstić information content (AvgIpc) is 0.743. The highest BCUT2D eigenvalue weighted by molar-refractivity contribution is 5.78. The third kappa shape index (κ3) is 27.1. The average molecular weight is 2150 g/mol. The Kier molecular flexibility index (Phi) is 43.9. The minimum Gasteiger partial charge on any atom is -0.477 e. The highest BCUT2D eigenvalue weighted by Gasteiger charge is 2.65. The standard InChI is InChI=1S/C81H134N6O60/c1-19(99)82-38-50(114)60(138-75-55(119)54(118)44(108)26(8-89)129-75)31(13-94)133-71(38)127-18-35-49(113)68(145-74-41(85-22(4)102)53(117)63(34(16-97)136-74)141-79-59(123)69(48(112)30(12-93)132-79)147-81(80(125)126)6-24(104)37(87-36(106)17-98)65(146-81)43(107)25(105)7-88)58(122)78(137-35)140-62-33(15-96)135-72(40(52(62)116)84-21(3)101)143-66-46(110)28(10-91)130-76(56(66)120)139-61-32(14-95)134-73(39(51(61)115)83-20(2)100)144-67-47(111)29(11-92)131-77(57(67)121)142-64-42(86-23(5)103)70(124)128-27(9-90)45(64)109/h24-35,37-79,88-98,104-105,107-124H,6-18H2,1-5H3,(H,82,99)(H,83,100)(H,84,101)(H,85,102)(H,86,103)(H,87,106)(H,125,126)/t24-,25+,26+,27+,28+,29+,30+,31+,32+,33+,34+,35+,37+,38+,39+,40+,41+,42+,43+,44-,45-,46-,47-,48-,49-,50+,51+,52+,53+,54-,55+,56+,57+,58+,59+,60+,61+,62+,63+,64+,65+,66-,67-,68-,69-,70?,71+,72-,73-,74-,75-,76-,77-,78-,79-,81-/m0/s1. The maximum Gasteiger partial charge on any atom is 0.364 e. The molecule has 11 heterocycles. The molecule has 6 amide bonds. The molecule has 0 radical (unpaired) electrons. The smallest absolute Gasteiger partial charge is 0.364 e. The molecule has 0 spiro atoms. The van der Waals surface area contributed by atoms with Crippen LogP contribution in [0.2, 0.25) is 0 Å². The van der Waals surface area contributed by atoms with Crippen LogP contribution in [0.5, 0.6) is 0 Å². The van der Waals surface area contributed by atoms with E-state index in [0.29, 0.717) is 0 Å². The molecule has 66 nitrogen and oxygen atoms in total. The van der Waals surface area contributed by atoms with Gasteiger partial charge in [0.05, 0.1) is 84.8 Å². The molecule has 147 heavy (non-hydrogen) atoms. The molecule has 0 aliphatic carbocycles. The first kappa shape index (κ1) is 121. The second-order valence-corrected chi connectivity index (χ2v) is 36.7. The topological polar surface area (TPSA) is 1030 Å². The first-order valence-electron chi connectivity index (χ1n) is 46.4. The van der Waals surface area contributed by atoms with Crippen molar-refractivity contribution in [3.63, 3.8) is 0 Å². The second-order valence-electron chi connectivity index (χ2n) is 36.7. The number of carboxylic acids is 1. The van der Waals surface area contributed by atoms with E-state index in [1.165, 1.54) is 0 Å². The highest BCUT2D eigenvalue weighted by Crippen LogP contribution is 2.44. The van der Waals surface area contributed by atoms with E-state index in [2.05, 4.69) is 31.9 Å². The molecule has 0 aromatic heterocycles. The van der Waals surface area contributed by atoms with Crippen molar-refractivity contribution >= 4 is 41.4 Å². The van der Waals surface area contributed by atoms with Crippen LogP contribution in [0.4, 0.5) is 0 Å². The molecule has 56 atom stereocenters. The maximum atomic E-state index is 13.4. The van der Waals surface area contributed by atoms with Crippen LogP contribution in [-0.4, -0.2) is 627 Å². The Morgan fingerprint density at radius 1 is 0.293 bits per heavy atom. The molecule has 66 heteroatoms. The number of carboxylic acid groups (broad SMARTS) is 1. The largest absolute Gasteiger partial charge is 0.477 e. The SMILES string of the molecule is CC(=O)N[C@H]1[C@H](OC[C@H]2O[C@@H](O[C@H]3[C@H](O)[C@@H](NC(C)=O)[C@H](O[C@H]4[C@@H](O)[C@@H](CO)O[C@@H](O[C@H]5[C@H](O)[C@@H](NC(C)=O)[C@H](O[C@H]6[C@@H](O)[C@@H](CO)O[C@@H](O[C@H]7[C@@H](O)[C@@H](CO)OC(O)[C@@H]7NC(C)=O)[C@@H]6O)O[C@@H]5CO)[C@@H]4O)O[C@@H]3CO)[C@H](O)[C@@H](O[C@@H]3O[C@H](CO)[C@@H](O[C@@H]4O[C@H](CO)[C@H](O)[C@H](O[C@]5(C(=O)O)C[C@H](O)[C@@H](NC(=O)CO)[C@H]([C@H](O)[C@H](O)CO)O5)[C@H]4O)[C@H](O)[C@H]3NC(C)=O)[C@H]2O)O[C@H](CO)[C@@H](O[C@@H]2O[C@H](CO)[C@H](O)[C@H](O)[C@H]2O)[C@@H]1O. The van der Waals surface area contributed by atoms with Gasteiger partial charge in [0.25, 0.3) is 5.79 Å². The summed E-state index contributed by atoms with van der Waals surface area (Å²) in [4.78, 5) is 91.0. The Labute approximate surface area is 830 Å². The molecule has 848 valence electrons. The van der Waals surface area contributed by atoms with Gasteiger partial charge in [0.15, 0.2) is 62.9 Å². The minimum absolute atomic E-state index is 0.811. The van der Waals surface area contributed by atoms with E-state index in [0.717, 1.165) is 34.6 Å². The van der Waals surface area contributed by atoms with Crippen LogP contribution in [0.15, 0.2) is 0 Å². The van der Waals surface area contributed by atoms with E-state index >= 15 is 0 Å². The fourth-order valence-electron chi connectivity index (χ4n) is 19.0. The quantitative estimate of drug-likeness (QED) is 0.0270. The number of rotatable bonds is 41. The van der Waals surface area contributed by atoms with Crippen LogP contribution >= 0.6 is 0 Å². The van der Waals surface area contributed by atoms with Crippen LogP contribution in [0.25, 0.3) is 0 Å². The molecule has 0 bridgehead atoms. The van der Waals surface area contributed by atoms with Crippen LogP contribution in [0.3, 0.4) is 0 Å². The molecule has 11 aliphatic heterocycles. The lowest BCUT2D eigenvalue weighted by atomic mass is 9.88. The first-order chi connectivity index (χ1) is 69.5. The Balaban J connectivity index is 0.869. The lowest BCUT2D eigenvalue weighted by Crippen LogP contribution is -2.71. The van der Waals surface area contributed by atoms with Gasteiger partial charge in [0.1, 0.15) is 269 Å². The van der Waals surface area contributed by atoms with Crippen molar-refractivity contribution in [3.8, 4) is 0 Å². The number of hydrogen-bond donors (Lipinski definition) is 38. The fourth-order valence-corrected chi connectivity index (χ4v) is 19.0. The van der Waals surface area contributed by atoms with E-state index in [1.807, 2.05) is 0 Å². The Morgan fingerprint density at radius 2 is 0.571 bits per heavy atom. The van der Waals surface area contributed by atoms with Gasteiger partial charge in [-0.15, -0.1) is 0 Å². The summed E-state index contributed by atoms with van der Waals surface area (Å²) in [5.74, 6) is -11.9. The van der Waals surface area contributed by atoms with Gasteiger partial charge >= 0.3 is 5.97 Å². The monoisotopic (exact) mass is 2150 g/mol. The molecule has 11 saturated heterocycles. The third-order valence-electron chi connectivity index (χ3n) is 26.5. The van der Waals surface area contributed by atoms with Crippen LogP contribution < -0.4 is 31.9 Å². The van der Waals surface area contributed by atoms with Crippen molar-refractivity contribution in [1.82, 2.24) is 31.9 Å². The summed E-state index contributed by atoms with van der Waals surface area (Å²) in [5.41, 5.74) is 0. The van der Waals surface area contributed by atoms with Gasteiger partial charge in [-0.1, -0.05) is 0 Å². The number of amides is 6. The van der Waals surface area contributed by atoms with E-state index in [1.54, 1.807) is 0 Å². The summed E-state index contributed by atoms with van der Waals surface area (Å²) >= 11 is 0.